The molecule has 2 aliphatic heterocycles. The molecular formula is C18H26ClN5O3. The maximum Gasteiger partial charge on any atom is 0.164 e. The molecule has 9 heteroatoms. The quantitative estimate of drug-likeness (QED) is 0.685. The number of hydrogen-bond acceptors (Lipinski definition) is 7. The molecule has 27 heavy (non-hydrogen) atoms. The third kappa shape index (κ3) is 4.20. The van der Waals surface area contributed by atoms with Crippen molar-refractivity contribution in [1.82, 2.24) is 19.4 Å². The summed E-state index contributed by atoms with van der Waals surface area (Å²) in [6.45, 7) is 8.52. The maximum absolute atomic E-state index is 6.38. The lowest BCUT2D eigenvalue weighted by Gasteiger charge is -2.29. The van der Waals surface area contributed by atoms with Crippen LogP contribution in [0.4, 0.5) is 5.69 Å². The number of pyridine rings is 1. The summed E-state index contributed by atoms with van der Waals surface area (Å²) in [6, 6.07) is 1.92. The molecule has 8 nitrogen and oxygen atoms in total. The van der Waals surface area contributed by atoms with Gasteiger partial charge >= 0.3 is 0 Å². The Balaban J connectivity index is 1.73. The molecule has 4 heterocycles. The van der Waals surface area contributed by atoms with Crippen LogP contribution in [0.5, 0.6) is 0 Å². The largest absolute Gasteiger partial charge is 0.383 e. The van der Waals surface area contributed by atoms with Crippen LogP contribution in [0.25, 0.3) is 11.2 Å². The first kappa shape index (κ1) is 18.9. The lowest BCUT2D eigenvalue weighted by molar-refractivity contribution is 0.0325. The van der Waals surface area contributed by atoms with Crippen LogP contribution >= 0.6 is 11.6 Å². The van der Waals surface area contributed by atoms with E-state index in [2.05, 4.69) is 19.4 Å². The molecule has 0 aliphatic carbocycles. The van der Waals surface area contributed by atoms with Crippen LogP contribution in [0, 0.1) is 0 Å². The topological polar surface area (TPSA) is 64.9 Å². The van der Waals surface area contributed by atoms with Gasteiger partial charge in [-0.05, 0) is 0 Å². The molecule has 0 amide bonds. The van der Waals surface area contributed by atoms with Crippen molar-refractivity contribution in [3.05, 3.63) is 17.0 Å². The molecular weight excluding hydrogens is 370 g/mol. The van der Waals surface area contributed by atoms with Crippen molar-refractivity contribution in [2.45, 2.75) is 13.1 Å². The Hall–Kier alpha value is -1.45. The Morgan fingerprint density at radius 3 is 2.48 bits per heavy atom. The Morgan fingerprint density at radius 2 is 1.78 bits per heavy atom. The van der Waals surface area contributed by atoms with E-state index in [1.807, 2.05) is 6.07 Å². The van der Waals surface area contributed by atoms with Crippen molar-refractivity contribution in [1.29, 1.82) is 0 Å². The van der Waals surface area contributed by atoms with E-state index in [9.17, 15) is 0 Å². The summed E-state index contributed by atoms with van der Waals surface area (Å²) in [6.07, 6.45) is 0. The number of anilines is 1. The second-order valence-electron chi connectivity index (χ2n) is 6.80. The van der Waals surface area contributed by atoms with E-state index in [0.29, 0.717) is 31.5 Å². The van der Waals surface area contributed by atoms with Gasteiger partial charge in [0, 0.05) is 45.9 Å². The van der Waals surface area contributed by atoms with Crippen LogP contribution in [-0.4, -0.2) is 85.8 Å². The smallest absolute Gasteiger partial charge is 0.164 e. The van der Waals surface area contributed by atoms with Crippen LogP contribution in [0.2, 0.25) is 5.15 Å². The van der Waals surface area contributed by atoms with Crippen molar-refractivity contribution in [2.24, 2.45) is 0 Å². The minimum absolute atomic E-state index is 0.487. The predicted octanol–water partition coefficient (Wildman–Crippen LogP) is 1.40. The molecule has 2 aliphatic rings. The third-order valence-corrected chi connectivity index (χ3v) is 5.26. The van der Waals surface area contributed by atoms with Crippen molar-refractivity contribution >= 4 is 28.5 Å². The van der Waals surface area contributed by atoms with Crippen LogP contribution < -0.4 is 4.90 Å². The number of hydrogen-bond donors (Lipinski definition) is 0. The molecule has 2 fully saturated rings. The van der Waals surface area contributed by atoms with E-state index in [-0.39, 0.29) is 0 Å². The summed E-state index contributed by atoms with van der Waals surface area (Å²) in [4.78, 5) is 14.3. The number of imidazole rings is 1. The van der Waals surface area contributed by atoms with Gasteiger partial charge in [-0.3, -0.25) is 4.90 Å². The zero-order chi connectivity index (χ0) is 18.6. The number of morpholine rings is 2. The average molecular weight is 396 g/mol. The van der Waals surface area contributed by atoms with Crippen molar-refractivity contribution < 1.29 is 14.2 Å². The van der Waals surface area contributed by atoms with E-state index in [4.69, 9.17) is 30.8 Å². The molecule has 0 spiro atoms. The van der Waals surface area contributed by atoms with Gasteiger partial charge in [0.15, 0.2) is 5.65 Å². The fourth-order valence-electron chi connectivity index (χ4n) is 3.63. The van der Waals surface area contributed by atoms with E-state index in [1.165, 1.54) is 0 Å². The summed E-state index contributed by atoms with van der Waals surface area (Å²) in [5, 5.41) is 0.487. The molecule has 4 rings (SSSR count). The van der Waals surface area contributed by atoms with Crippen LogP contribution in [-0.2, 0) is 27.3 Å². The number of rotatable bonds is 6. The van der Waals surface area contributed by atoms with Gasteiger partial charge in [-0.2, -0.15) is 0 Å². The Kier molecular flexibility index (Phi) is 6.09. The second-order valence-corrected chi connectivity index (χ2v) is 7.18. The van der Waals surface area contributed by atoms with Gasteiger partial charge in [-0.1, -0.05) is 11.6 Å². The van der Waals surface area contributed by atoms with Gasteiger partial charge in [-0.15, -0.1) is 0 Å². The van der Waals surface area contributed by atoms with E-state index in [1.54, 1.807) is 7.11 Å². The van der Waals surface area contributed by atoms with Gasteiger partial charge in [0.2, 0.25) is 0 Å². The molecule has 0 saturated carbocycles. The summed E-state index contributed by atoms with van der Waals surface area (Å²) in [5.41, 5.74) is 2.76. The Bertz CT molecular complexity index is 772. The number of ether oxygens (including phenoxy) is 3. The SMILES string of the molecule is COCCn1c(CN2CCOCC2)nc2c(N3CCOCC3)cc(Cl)nc21. The first-order chi connectivity index (χ1) is 13.3. The Labute approximate surface area is 164 Å². The highest BCUT2D eigenvalue weighted by atomic mass is 35.5. The van der Waals surface area contributed by atoms with Crippen LogP contribution in [0.1, 0.15) is 5.82 Å². The van der Waals surface area contributed by atoms with E-state index >= 15 is 0 Å². The molecule has 0 atom stereocenters. The molecule has 2 saturated heterocycles. The molecule has 0 N–H and O–H groups in total. The molecule has 0 radical (unpaired) electrons. The van der Waals surface area contributed by atoms with Crippen molar-refractivity contribution in [2.75, 3.05) is 71.2 Å². The summed E-state index contributed by atoms with van der Waals surface area (Å²) in [7, 11) is 1.71. The summed E-state index contributed by atoms with van der Waals surface area (Å²) in [5.74, 6) is 0.994. The Morgan fingerprint density at radius 1 is 1.07 bits per heavy atom. The van der Waals surface area contributed by atoms with E-state index < -0.39 is 0 Å². The van der Waals surface area contributed by atoms with Gasteiger partial charge in [0.25, 0.3) is 0 Å². The lowest BCUT2D eigenvalue weighted by atomic mass is 10.3. The monoisotopic (exact) mass is 395 g/mol. The fourth-order valence-corrected chi connectivity index (χ4v) is 3.82. The van der Waals surface area contributed by atoms with Crippen molar-refractivity contribution in [3.63, 3.8) is 0 Å². The highest BCUT2D eigenvalue weighted by molar-refractivity contribution is 6.30. The number of halogens is 1. The van der Waals surface area contributed by atoms with Gasteiger partial charge in [0.1, 0.15) is 16.5 Å². The summed E-state index contributed by atoms with van der Waals surface area (Å²) >= 11 is 6.38. The van der Waals surface area contributed by atoms with Crippen LogP contribution in [0.3, 0.4) is 0 Å². The molecule has 148 valence electrons. The number of nitrogens with zero attached hydrogens (tertiary/aromatic N) is 5. The van der Waals surface area contributed by atoms with Gasteiger partial charge < -0.3 is 23.7 Å². The standard InChI is InChI=1S/C18H26ClN5O3/c1-25-7-6-24-16(13-22-2-8-26-9-3-22)21-17-14(12-15(19)20-18(17)24)23-4-10-27-11-5-23/h12H,2-11,13H2,1H3. The average Bonchev–Trinajstić information content (AvgIpc) is 3.04. The molecule has 2 aromatic rings. The number of fused-ring (bicyclic) bond motifs is 1. The number of methoxy groups -OCH3 is 1. The second kappa shape index (κ2) is 8.70. The lowest BCUT2D eigenvalue weighted by Crippen LogP contribution is -2.36. The van der Waals surface area contributed by atoms with Gasteiger partial charge in [0.05, 0.1) is 45.3 Å². The highest BCUT2D eigenvalue weighted by Crippen LogP contribution is 2.30. The molecule has 0 bridgehead atoms. The minimum Gasteiger partial charge on any atom is -0.383 e. The maximum atomic E-state index is 6.38. The van der Waals surface area contributed by atoms with Crippen LogP contribution in [0.15, 0.2) is 6.07 Å². The minimum atomic E-state index is 0.487. The third-order valence-electron chi connectivity index (χ3n) is 5.07. The van der Waals surface area contributed by atoms with Gasteiger partial charge in [-0.25, -0.2) is 9.97 Å². The molecule has 0 unspecified atom stereocenters. The van der Waals surface area contributed by atoms with Crippen molar-refractivity contribution in [3.8, 4) is 0 Å². The summed E-state index contributed by atoms with van der Waals surface area (Å²) < 4.78 is 18.4. The highest BCUT2D eigenvalue weighted by Gasteiger charge is 2.22. The molecule has 0 aromatic carbocycles. The first-order valence-electron chi connectivity index (χ1n) is 9.43. The zero-order valence-electron chi connectivity index (χ0n) is 15.7. The normalized spacial score (nSPS) is 19.1. The zero-order valence-corrected chi connectivity index (χ0v) is 16.5. The molecule has 2 aromatic heterocycles. The fraction of sp³-hybridized carbons (Fsp3) is 0.667. The predicted molar refractivity (Wildman–Crippen MR) is 104 cm³/mol. The number of aromatic nitrogens is 3. The van der Waals surface area contributed by atoms with E-state index in [0.717, 1.165) is 68.6 Å². The first-order valence-corrected chi connectivity index (χ1v) is 9.81.